The van der Waals surface area contributed by atoms with Gasteiger partial charge in [0.15, 0.2) is 0 Å². The van der Waals surface area contributed by atoms with Crippen LogP contribution in [0, 0.1) is 5.92 Å². The Labute approximate surface area is 119 Å². The van der Waals surface area contributed by atoms with Gasteiger partial charge >= 0.3 is 5.97 Å². The van der Waals surface area contributed by atoms with Gasteiger partial charge < -0.3 is 5.11 Å². The first-order chi connectivity index (χ1) is 9.68. The lowest BCUT2D eigenvalue weighted by Gasteiger charge is -2.37. The van der Waals surface area contributed by atoms with E-state index in [1.807, 2.05) is 18.3 Å². The summed E-state index contributed by atoms with van der Waals surface area (Å²) in [7, 11) is 0. The van der Waals surface area contributed by atoms with Gasteiger partial charge in [-0.15, -0.1) is 0 Å². The average Bonchev–Trinajstić information content (AvgIpc) is 2.87. The second-order valence-electron chi connectivity index (χ2n) is 6.11. The number of aromatic nitrogens is 1. The van der Waals surface area contributed by atoms with Gasteiger partial charge in [0, 0.05) is 24.5 Å². The summed E-state index contributed by atoms with van der Waals surface area (Å²) >= 11 is 0. The fraction of sp³-hybridized carbons (Fsp3) is 0.625. The molecular weight excluding hydrogens is 252 g/mol. The second kappa shape index (κ2) is 5.52. The molecule has 0 bridgehead atoms. The summed E-state index contributed by atoms with van der Waals surface area (Å²) in [5, 5.41) is 9.57. The predicted octanol–water partition coefficient (Wildman–Crippen LogP) is 2.86. The normalized spacial score (nSPS) is 31.8. The summed E-state index contributed by atoms with van der Waals surface area (Å²) in [5.41, 5.74) is 1.12. The summed E-state index contributed by atoms with van der Waals surface area (Å²) in [5.74, 6) is -0.112. The summed E-state index contributed by atoms with van der Waals surface area (Å²) in [4.78, 5) is 18.1. The van der Waals surface area contributed by atoms with Gasteiger partial charge in [0.2, 0.25) is 0 Å². The minimum atomic E-state index is -0.671. The van der Waals surface area contributed by atoms with E-state index in [1.165, 1.54) is 19.3 Å². The van der Waals surface area contributed by atoms with Crippen molar-refractivity contribution in [2.24, 2.45) is 5.92 Å². The Hall–Kier alpha value is -1.42. The molecule has 1 saturated carbocycles. The third-order valence-corrected chi connectivity index (χ3v) is 5.04. The number of rotatable bonds is 3. The number of pyridine rings is 1. The lowest BCUT2D eigenvalue weighted by atomic mass is 9.84. The van der Waals surface area contributed by atoms with Gasteiger partial charge in [-0.3, -0.25) is 14.7 Å². The van der Waals surface area contributed by atoms with Crippen LogP contribution in [0.3, 0.4) is 0 Å². The number of hydrogen-bond donors (Lipinski definition) is 1. The van der Waals surface area contributed by atoms with E-state index < -0.39 is 5.97 Å². The van der Waals surface area contributed by atoms with Gasteiger partial charge in [0.1, 0.15) is 6.04 Å². The number of carboxylic acid groups (broad SMARTS) is 1. The van der Waals surface area contributed by atoms with Crippen molar-refractivity contribution in [1.82, 2.24) is 9.88 Å². The van der Waals surface area contributed by atoms with E-state index in [4.69, 9.17) is 0 Å². The first-order valence-corrected chi connectivity index (χ1v) is 7.58. The minimum Gasteiger partial charge on any atom is -0.480 e. The highest BCUT2D eigenvalue weighted by atomic mass is 16.4. The molecule has 4 unspecified atom stereocenters. The lowest BCUT2D eigenvalue weighted by Crippen LogP contribution is -2.43. The Kier molecular flexibility index (Phi) is 3.74. The molecule has 4 nitrogen and oxygen atoms in total. The molecule has 2 heterocycles. The van der Waals surface area contributed by atoms with Crippen molar-refractivity contribution in [2.75, 3.05) is 0 Å². The van der Waals surface area contributed by atoms with Crippen LogP contribution in [0.5, 0.6) is 0 Å². The molecule has 108 valence electrons. The first-order valence-electron chi connectivity index (χ1n) is 7.58. The smallest absolute Gasteiger partial charge is 0.320 e. The maximum absolute atomic E-state index is 11.6. The van der Waals surface area contributed by atoms with Crippen LogP contribution in [0.1, 0.15) is 50.6 Å². The highest BCUT2D eigenvalue weighted by molar-refractivity contribution is 5.74. The van der Waals surface area contributed by atoms with E-state index in [9.17, 15) is 9.90 Å². The van der Waals surface area contributed by atoms with Crippen LogP contribution < -0.4 is 0 Å². The molecule has 1 saturated heterocycles. The molecule has 0 spiro atoms. The standard InChI is InChI=1S/C16H22N2O2/c1-11(13-6-4-8-17-10-13)18-14-7-3-2-5-12(14)9-15(18)16(19)20/h4,6,8,10-12,14-15H,2-3,5,7,9H2,1H3,(H,19,20). The maximum atomic E-state index is 11.6. The Balaban J connectivity index is 1.89. The number of carboxylic acids is 1. The van der Waals surface area contributed by atoms with E-state index in [1.54, 1.807) is 6.20 Å². The zero-order valence-corrected chi connectivity index (χ0v) is 11.9. The third kappa shape index (κ3) is 2.33. The van der Waals surface area contributed by atoms with Crippen molar-refractivity contribution in [3.8, 4) is 0 Å². The summed E-state index contributed by atoms with van der Waals surface area (Å²) in [6.07, 6.45) is 9.23. The number of aliphatic carboxylic acids is 1. The van der Waals surface area contributed by atoms with Crippen LogP contribution >= 0.6 is 0 Å². The quantitative estimate of drug-likeness (QED) is 0.921. The van der Waals surface area contributed by atoms with Crippen molar-refractivity contribution >= 4 is 5.97 Å². The summed E-state index contributed by atoms with van der Waals surface area (Å²) < 4.78 is 0. The molecule has 1 aliphatic heterocycles. The Morgan fingerprint density at radius 1 is 1.45 bits per heavy atom. The molecule has 2 aliphatic rings. The van der Waals surface area contributed by atoms with Crippen molar-refractivity contribution in [1.29, 1.82) is 0 Å². The van der Waals surface area contributed by atoms with E-state index in [2.05, 4.69) is 16.8 Å². The van der Waals surface area contributed by atoms with Gasteiger partial charge in [-0.1, -0.05) is 18.9 Å². The molecule has 1 aliphatic carbocycles. The van der Waals surface area contributed by atoms with Crippen molar-refractivity contribution in [3.05, 3.63) is 30.1 Å². The Bertz CT molecular complexity index is 477. The first kappa shape index (κ1) is 13.6. The molecule has 20 heavy (non-hydrogen) atoms. The molecule has 1 N–H and O–H groups in total. The van der Waals surface area contributed by atoms with E-state index >= 15 is 0 Å². The van der Waals surface area contributed by atoms with Crippen molar-refractivity contribution in [3.63, 3.8) is 0 Å². The number of hydrogen-bond acceptors (Lipinski definition) is 3. The fourth-order valence-corrected chi connectivity index (χ4v) is 4.08. The van der Waals surface area contributed by atoms with E-state index in [0.717, 1.165) is 18.4 Å². The third-order valence-electron chi connectivity index (χ3n) is 5.04. The zero-order chi connectivity index (χ0) is 14.1. The minimum absolute atomic E-state index is 0.123. The van der Waals surface area contributed by atoms with Gasteiger partial charge in [0.05, 0.1) is 0 Å². The molecule has 4 atom stereocenters. The van der Waals surface area contributed by atoms with E-state index in [-0.39, 0.29) is 12.1 Å². The molecular formula is C16H22N2O2. The Morgan fingerprint density at radius 2 is 2.25 bits per heavy atom. The lowest BCUT2D eigenvalue weighted by molar-refractivity contribution is -0.143. The maximum Gasteiger partial charge on any atom is 0.320 e. The Morgan fingerprint density at radius 3 is 2.95 bits per heavy atom. The van der Waals surface area contributed by atoms with Crippen LogP contribution in [0.15, 0.2) is 24.5 Å². The molecule has 3 rings (SSSR count). The zero-order valence-electron chi connectivity index (χ0n) is 11.9. The number of likely N-dealkylation sites (tertiary alicyclic amines) is 1. The summed E-state index contributed by atoms with van der Waals surface area (Å²) in [6.45, 7) is 2.12. The van der Waals surface area contributed by atoms with Crippen molar-refractivity contribution in [2.45, 2.75) is 57.2 Å². The van der Waals surface area contributed by atoms with Crippen LogP contribution in [0.25, 0.3) is 0 Å². The van der Waals surface area contributed by atoms with Crippen LogP contribution in [-0.2, 0) is 4.79 Å². The van der Waals surface area contributed by atoms with Crippen LogP contribution in [-0.4, -0.2) is 33.0 Å². The molecule has 1 aromatic rings. The van der Waals surface area contributed by atoms with Gasteiger partial charge in [-0.05, 0) is 43.7 Å². The fourth-order valence-electron chi connectivity index (χ4n) is 4.08. The monoisotopic (exact) mass is 274 g/mol. The number of nitrogens with zero attached hydrogens (tertiary/aromatic N) is 2. The summed E-state index contributed by atoms with van der Waals surface area (Å²) in [6, 6.07) is 4.19. The van der Waals surface area contributed by atoms with Crippen molar-refractivity contribution < 1.29 is 9.90 Å². The molecule has 2 fully saturated rings. The van der Waals surface area contributed by atoms with Crippen LogP contribution in [0.2, 0.25) is 0 Å². The molecule has 0 aromatic carbocycles. The number of fused-ring (bicyclic) bond motifs is 1. The molecule has 0 radical (unpaired) electrons. The topological polar surface area (TPSA) is 53.4 Å². The predicted molar refractivity (Wildman–Crippen MR) is 76.3 cm³/mol. The van der Waals surface area contributed by atoms with Gasteiger partial charge in [-0.2, -0.15) is 0 Å². The molecule has 0 amide bonds. The number of carbonyl (C=O) groups is 1. The van der Waals surface area contributed by atoms with Gasteiger partial charge in [0.25, 0.3) is 0 Å². The van der Waals surface area contributed by atoms with Crippen LogP contribution in [0.4, 0.5) is 0 Å². The largest absolute Gasteiger partial charge is 0.480 e. The molecule has 4 heteroatoms. The average molecular weight is 274 g/mol. The van der Waals surface area contributed by atoms with Gasteiger partial charge in [-0.25, -0.2) is 0 Å². The second-order valence-corrected chi connectivity index (χ2v) is 6.11. The SMILES string of the molecule is CC(c1cccnc1)N1C(C(=O)O)CC2CCCCC21. The highest BCUT2D eigenvalue weighted by Gasteiger charge is 2.47. The van der Waals surface area contributed by atoms with E-state index in [0.29, 0.717) is 12.0 Å². The highest BCUT2D eigenvalue weighted by Crippen LogP contribution is 2.43. The molecule has 1 aromatic heterocycles.